The third kappa shape index (κ3) is 3.34. The predicted octanol–water partition coefficient (Wildman–Crippen LogP) is 1.65. The Hall–Kier alpha value is -0.380. The van der Waals surface area contributed by atoms with E-state index in [0.717, 1.165) is 13.0 Å². The molecule has 2 N–H and O–H groups in total. The van der Waals surface area contributed by atoms with E-state index in [2.05, 4.69) is 16.8 Å². The maximum absolute atomic E-state index is 5.83. The Bertz CT molecular complexity index is 198. The van der Waals surface area contributed by atoms with Crippen molar-refractivity contribution in [2.45, 2.75) is 19.4 Å². The molecular formula is C9H15NOS. The van der Waals surface area contributed by atoms with E-state index in [4.69, 9.17) is 10.5 Å². The lowest BCUT2D eigenvalue weighted by atomic mass is 10.1. The average molecular weight is 185 g/mol. The number of hydrogen-bond acceptors (Lipinski definition) is 3. The van der Waals surface area contributed by atoms with Crippen molar-refractivity contribution in [3.05, 3.63) is 22.4 Å². The highest BCUT2D eigenvalue weighted by molar-refractivity contribution is 7.07. The fraction of sp³-hybridized carbons (Fsp3) is 0.556. The van der Waals surface area contributed by atoms with Crippen molar-refractivity contribution in [1.29, 1.82) is 0 Å². The number of nitrogens with two attached hydrogens (primary N) is 1. The summed E-state index contributed by atoms with van der Waals surface area (Å²) in [7, 11) is 0. The van der Waals surface area contributed by atoms with Crippen molar-refractivity contribution < 1.29 is 4.74 Å². The topological polar surface area (TPSA) is 35.2 Å². The molecule has 2 nitrogen and oxygen atoms in total. The van der Waals surface area contributed by atoms with Gasteiger partial charge in [-0.15, -0.1) is 0 Å². The number of hydrogen-bond donors (Lipinski definition) is 1. The molecule has 1 aromatic rings. The Morgan fingerprint density at radius 3 is 3.08 bits per heavy atom. The van der Waals surface area contributed by atoms with Crippen molar-refractivity contribution in [2.75, 3.05) is 13.2 Å². The first kappa shape index (κ1) is 9.71. The second kappa shape index (κ2) is 5.30. The van der Waals surface area contributed by atoms with Gasteiger partial charge in [-0.25, -0.2) is 0 Å². The van der Waals surface area contributed by atoms with Crippen LogP contribution >= 0.6 is 11.3 Å². The molecule has 3 heteroatoms. The Labute approximate surface area is 77.3 Å². The largest absolute Gasteiger partial charge is 0.380 e. The van der Waals surface area contributed by atoms with Crippen LogP contribution in [-0.4, -0.2) is 19.3 Å². The quantitative estimate of drug-likeness (QED) is 0.757. The van der Waals surface area contributed by atoms with Crippen LogP contribution in [0.4, 0.5) is 0 Å². The molecule has 0 aliphatic carbocycles. The zero-order valence-corrected chi connectivity index (χ0v) is 8.14. The molecular weight excluding hydrogens is 170 g/mol. The van der Waals surface area contributed by atoms with Gasteiger partial charge in [-0.1, -0.05) is 0 Å². The van der Waals surface area contributed by atoms with Crippen molar-refractivity contribution in [2.24, 2.45) is 5.73 Å². The van der Waals surface area contributed by atoms with Crippen LogP contribution in [-0.2, 0) is 11.2 Å². The zero-order chi connectivity index (χ0) is 8.81. The summed E-state index contributed by atoms with van der Waals surface area (Å²) in [4.78, 5) is 0. The van der Waals surface area contributed by atoms with Crippen LogP contribution in [0.15, 0.2) is 16.8 Å². The summed E-state index contributed by atoms with van der Waals surface area (Å²) in [5.41, 5.74) is 7.14. The van der Waals surface area contributed by atoms with Gasteiger partial charge in [-0.3, -0.25) is 0 Å². The molecule has 0 amide bonds. The molecule has 0 saturated carbocycles. The van der Waals surface area contributed by atoms with Gasteiger partial charge in [-0.2, -0.15) is 11.3 Å². The van der Waals surface area contributed by atoms with E-state index >= 15 is 0 Å². The van der Waals surface area contributed by atoms with Crippen molar-refractivity contribution in [3.63, 3.8) is 0 Å². The van der Waals surface area contributed by atoms with Gasteiger partial charge in [0.25, 0.3) is 0 Å². The maximum atomic E-state index is 5.83. The molecule has 0 saturated heterocycles. The standard InChI is InChI=1S/C9H15NOS/c1-2-11-6-9(10)5-8-3-4-12-7-8/h3-4,7,9H,2,5-6,10H2,1H3. The Morgan fingerprint density at radius 1 is 1.67 bits per heavy atom. The summed E-state index contributed by atoms with van der Waals surface area (Å²) in [6.07, 6.45) is 0.920. The van der Waals surface area contributed by atoms with E-state index in [-0.39, 0.29) is 6.04 Å². The third-order valence-electron chi connectivity index (χ3n) is 1.61. The van der Waals surface area contributed by atoms with Gasteiger partial charge in [0.1, 0.15) is 0 Å². The van der Waals surface area contributed by atoms with Gasteiger partial charge >= 0.3 is 0 Å². The SMILES string of the molecule is CCOCC(N)Cc1ccsc1. The first-order valence-electron chi connectivity index (χ1n) is 4.17. The average Bonchev–Trinajstić information content (AvgIpc) is 2.53. The molecule has 12 heavy (non-hydrogen) atoms. The minimum atomic E-state index is 0.138. The Morgan fingerprint density at radius 2 is 2.50 bits per heavy atom. The van der Waals surface area contributed by atoms with Gasteiger partial charge in [0.05, 0.1) is 6.61 Å². The Balaban J connectivity index is 2.22. The molecule has 1 rings (SSSR count). The van der Waals surface area contributed by atoms with Crippen LogP contribution in [0.1, 0.15) is 12.5 Å². The predicted molar refractivity (Wildman–Crippen MR) is 52.5 cm³/mol. The third-order valence-corrected chi connectivity index (χ3v) is 2.35. The summed E-state index contributed by atoms with van der Waals surface area (Å²) in [5.74, 6) is 0. The lowest BCUT2D eigenvalue weighted by molar-refractivity contribution is 0.133. The molecule has 0 aromatic carbocycles. The van der Waals surface area contributed by atoms with Gasteiger partial charge < -0.3 is 10.5 Å². The van der Waals surface area contributed by atoms with Crippen molar-refractivity contribution >= 4 is 11.3 Å². The molecule has 68 valence electrons. The van der Waals surface area contributed by atoms with E-state index in [1.807, 2.05) is 6.92 Å². The maximum Gasteiger partial charge on any atom is 0.0620 e. The minimum Gasteiger partial charge on any atom is -0.380 e. The lowest BCUT2D eigenvalue weighted by Gasteiger charge is -2.09. The summed E-state index contributed by atoms with van der Waals surface area (Å²) < 4.78 is 5.22. The molecule has 1 unspecified atom stereocenters. The molecule has 0 aliphatic rings. The molecule has 0 spiro atoms. The lowest BCUT2D eigenvalue weighted by Crippen LogP contribution is -2.28. The van der Waals surface area contributed by atoms with Crippen LogP contribution in [0.5, 0.6) is 0 Å². The van der Waals surface area contributed by atoms with Crippen molar-refractivity contribution in [3.8, 4) is 0 Å². The van der Waals surface area contributed by atoms with Crippen LogP contribution < -0.4 is 5.73 Å². The van der Waals surface area contributed by atoms with Gasteiger partial charge in [0.2, 0.25) is 0 Å². The first-order chi connectivity index (χ1) is 5.83. The molecule has 0 radical (unpaired) electrons. The number of rotatable bonds is 5. The monoisotopic (exact) mass is 185 g/mol. The fourth-order valence-corrected chi connectivity index (χ4v) is 1.72. The van der Waals surface area contributed by atoms with Gasteiger partial charge in [0, 0.05) is 12.6 Å². The highest BCUT2D eigenvalue weighted by Crippen LogP contribution is 2.07. The second-order valence-electron chi connectivity index (χ2n) is 2.76. The highest BCUT2D eigenvalue weighted by atomic mass is 32.1. The molecule has 1 aromatic heterocycles. The molecule has 1 heterocycles. The van der Waals surface area contributed by atoms with Crippen LogP contribution in [0.2, 0.25) is 0 Å². The summed E-state index contributed by atoms with van der Waals surface area (Å²) in [6, 6.07) is 2.25. The molecule has 1 atom stereocenters. The molecule has 0 fully saturated rings. The van der Waals surface area contributed by atoms with E-state index < -0.39 is 0 Å². The number of thiophene rings is 1. The van der Waals surface area contributed by atoms with Gasteiger partial charge in [0.15, 0.2) is 0 Å². The van der Waals surface area contributed by atoms with Crippen LogP contribution in [0.25, 0.3) is 0 Å². The van der Waals surface area contributed by atoms with Crippen LogP contribution in [0.3, 0.4) is 0 Å². The van der Waals surface area contributed by atoms with E-state index in [1.54, 1.807) is 11.3 Å². The summed E-state index contributed by atoms with van der Waals surface area (Å²) >= 11 is 1.71. The van der Waals surface area contributed by atoms with E-state index in [9.17, 15) is 0 Å². The first-order valence-corrected chi connectivity index (χ1v) is 5.11. The van der Waals surface area contributed by atoms with E-state index in [0.29, 0.717) is 6.61 Å². The molecule has 0 aliphatic heterocycles. The highest BCUT2D eigenvalue weighted by Gasteiger charge is 2.03. The van der Waals surface area contributed by atoms with E-state index in [1.165, 1.54) is 5.56 Å². The smallest absolute Gasteiger partial charge is 0.0620 e. The van der Waals surface area contributed by atoms with Crippen LogP contribution in [0, 0.1) is 0 Å². The van der Waals surface area contributed by atoms with Crippen molar-refractivity contribution in [1.82, 2.24) is 0 Å². The minimum absolute atomic E-state index is 0.138. The van der Waals surface area contributed by atoms with Gasteiger partial charge in [-0.05, 0) is 35.7 Å². The zero-order valence-electron chi connectivity index (χ0n) is 7.32. The summed E-state index contributed by atoms with van der Waals surface area (Å²) in [6.45, 7) is 3.39. The normalized spacial score (nSPS) is 13.2. The second-order valence-corrected chi connectivity index (χ2v) is 3.54. The summed E-state index contributed by atoms with van der Waals surface area (Å²) in [5, 5.41) is 4.20. The fourth-order valence-electron chi connectivity index (χ4n) is 1.04. The molecule has 0 bridgehead atoms. The Kier molecular flexibility index (Phi) is 4.29. The number of ether oxygens (including phenoxy) is 1.